The summed E-state index contributed by atoms with van der Waals surface area (Å²) in [6.07, 6.45) is 8.93. The van der Waals surface area contributed by atoms with E-state index in [1.807, 2.05) is 0 Å². The Morgan fingerprint density at radius 2 is 2.15 bits per heavy atom. The Labute approximate surface area is 167 Å². The molecular weight excluding hydrogens is 378 g/mol. The van der Waals surface area contributed by atoms with E-state index in [1.165, 1.54) is 23.3 Å². The minimum absolute atomic E-state index is 0.0107. The summed E-state index contributed by atoms with van der Waals surface area (Å²) >= 11 is 3.23. The van der Waals surface area contributed by atoms with Crippen molar-refractivity contribution in [3.8, 4) is 0 Å². The molecule has 0 aromatic carbocycles. The number of piperidine rings is 1. The van der Waals surface area contributed by atoms with E-state index < -0.39 is 0 Å². The van der Waals surface area contributed by atoms with E-state index in [-0.39, 0.29) is 11.5 Å². The Balaban J connectivity index is 1.42. The van der Waals surface area contributed by atoms with E-state index >= 15 is 0 Å². The number of thioether (sulfide) groups is 1. The highest BCUT2D eigenvalue weighted by molar-refractivity contribution is 7.99. The standard InChI is InChI=1S/C20H27N3O2S2/c1-2-13-7-5-6-10-23(13)17(24)12-26-11-16-21-19(25)18-14-8-3-4-9-15(14)27-20(18)22-16/h13H,2-12H2,1H3,(H,21,22,25)/t13-/m0/s1. The normalized spacial score (nSPS) is 20.0. The molecule has 5 nitrogen and oxygen atoms in total. The molecule has 0 radical (unpaired) electrons. The fraction of sp³-hybridized carbons (Fsp3) is 0.650. The molecule has 0 bridgehead atoms. The van der Waals surface area contributed by atoms with Crippen LogP contribution in [0.2, 0.25) is 0 Å². The minimum atomic E-state index is -0.0107. The molecule has 27 heavy (non-hydrogen) atoms. The number of H-pyrrole nitrogens is 1. The number of fused-ring (bicyclic) bond motifs is 3. The Morgan fingerprint density at radius 3 is 3.00 bits per heavy atom. The van der Waals surface area contributed by atoms with Crippen LogP contribution in [0.1, 0.15) is 61.7 Å². The number of hydrogen-bond donors (Lipinski definition) is 1. The van der Waals surface area contributed by atoms with Crippen molar-refractivity contribution in [1.29, 1.82) is 0 Å². The van der Waals surface area contributed by atoms with Gasteiger partial charge in [-0.2, -0.15) is 0 Å². The smallest absolute Gasteiger partial charge is 0.259 e. The van der Waals surface area contributed by atoms with Crippen LogP contribution in [0.5, 0.6) is 0 Å². The molecule has 7 heteroatoms. The Morgan fingerprint density at radius 1 is 1.30 bits per heavy atom. The van der Waals surface area contributed by atoms with E-state index in [0.717, 1.165) is 55.3 Å². The van der Waals surface area contributed by atoms with Gasteiger partial charge in [0.1, 0.15) is 10.7 Å². The summed E-state index contributed by atoms with van der Waals surface area (Å²) in [4.78, 5) is 37.1. The van der Waals surface area contributed by atoms with E-state index in [2.05, 4.69) is 16.8 Å². The molecule has 1 saturated heterocycles. The van der Waals surface area contributed by atoms with Gasteiger partial charge in [-0.25, -0.2) is 4.98 Å². The predicted octanol–water partition coefficient (Wildman–Crippen LogP) is 3.89. The highest BCUT2D eigenvalue weighted by Gasteiger charge is 2.25. The molecule has 1 atom stereocenters. The first-order valence-corrected chi connectivity index (χ1v) is 12.0. The van der Waals surface area contributed by atoms with Gasteiger partial charge in [-0.1, -0.05) is 6.92 Å². The summed E-state index contributed by atoms with van der Waals surface area (Å²) in [6, 6.07) is 0.401. The highest BCUT2D eigenvalue weighted by atomic mass is 32.2. The summed E-state index contributed by atoms with van der Waals surface area (Å²) in [5, 5.41) is 0.804. The first-order valence-electron chi connectivity index (χ1n) is 10.1. The molecule has 1 aliphatic heterocycles. The maximum Gasteiger partial charge on any atom is 0.259 e. The zero-order valence-corrected chi connectivity index (χ0v) is 17.5. The molecule has 0 saturated carbocycles. The van der Waals surface area contributed by atoms with Gasteiger partial charge in [0.25, 0.3) is 5.56 Å². The van der Waals surface area contributed by atoms with E-state index in [4.69, 9.17) is 4.98 Å². The number of aromatic nitrogens is 2. The fourth-order valence-electron chi connectivity index (χ4n) is 4.35. The van der Waals surface area contributed by atoms with Gasteiger partial charge in [0.05, 0.1) is 16.9 Å². The second-order valence-corrected chi connectivity index (χ2v) is 9.61. The largest absolute Gasteiger partial charge is 0.339 e. The summed E-state index contributed by atoms with van der Waals surface area (Å²) in [5.74, 6) is 1.94. The van der Waals surface area contributed by atoms with Gasteiger partial charge in [-0.15, -0.1) is 23.1 Å². The number of rotatable bonds is 5. The lowest BCUT2D eigenvalue weighted by molar-refractivity contribution is -0.132. The minimum Gasteiger partial charge on any atom is -0.339 e. The van der Waals surface area contributed by atoms with E-state index in [9.17, 15) is 9.59 Å². The number of aromatic amines is 1. The second kappa shape index (κ2) is 8.35. The topological polar surface area (TPSA) is 66.1 Å². The Bertz CT molecular complexity index is 889. The molecule has 2 aliphatic rings. The number of nitrogens with one attached hydrogen (secondary N) is 1. The Hall–Kier alpha value is -1.34. The van der Waals surface area contributed by atoms with Crippen LogP contribution in [-0.4, -0.2) is 39.1 Å². The highest BCUT2D eigenvalue weighted by Crippen LogP contribution is 2.33. The summed E-state index contributed by atoms with van der Waals surface area (Å²) in [6.45, 7) is 3.05. The molecule has 2 aromatic rings. The van der Waals surface area contributed by atoms with Crippen molar-refractivity contribution in [2.45, 2.75) is 70.1 Å². The number of carbonyl (C=O) groups excluding carboxylic acids is 1. The number of thiophene rings is 1. The fourth-order valence-corrected chi connectivity index (χ4v) is 6.40. The molecule has 2 aromatic heterocycles. The average molecular weight is 406 g/mol. The van der Waals surface area contributed by atoms with Crippen LogP contribution in [0.4, 0.5) is 0 Å². The summed E-state index contributed by atoms with van der Waals surface area (Å²) in [5.41, 5.74) is 1.21. The maximum absolute atomic E-state index is 12.6. The molecule has 1 fully saturated rings. The van der Waals surface area contributed by atoms with Crippen LogP contribution in [0.15, 0.2) is 4.79 Å². The van der Waals surface area contributed by atoms with Gasteiger partial charge >= 0.3 is 0 Å². The van der Waals surface area contributed by atoms with Gasteiger partial charge in [0.15, 0.2) is 0 Å². The summed E-state index contributed by atoms with van der Waals surface area (Å²) in [7, 11) is 0. The Kier molecular flexibility index (Phi) is 5.88. The van der Waals surface area contributed by atoms with Crippen LogP contribution < -0.4 is 5.56 Å². The van der Waals surface area contributed by atoms with Crippen molar-refractivity contribution >= 4 is 39.2 Å². The van der Waals surface area contributed by atoms with Crippen molar-refractivity contribution < 1.29 is 4.79 Å². The quantitative estimate of drug-likeness (QED) is 0.820. The van der Waals surface area contributed by atoms with Gasteiger partial charge in [0.2, 0.25) is 5.91 Å². The van der Waals surface area contributed by atoms with Crippen LogP contribution in [0, 0.1) is 0 Å². The van der Waals surface area contributed by atoms with Crippen LogP contribution in [0.25, 0.3) is 10.2 Å². The van der Waals surface area contributed by atoms with Crippen molar-refractivity contribution in [2.75, 3.05) is 12.3 Å². The van der Waals surface area contributed by atoms with Gasteiger partial charge in [-0.3, -0.25) is 9.59 Å². The van der Waals surface area contributed by atoms with E-state index in [0.29, 0.717) is 23.4 Å². The van der Waals surface area contributed by atoms with Crippen molar-refractivity contribution in [1.82, 2.24) is 14.9 Å². The molecule has 1 aliphatic carbocycles. The van der Waals surface area contributed by atoms with Crippen molar-refractivity contribution in [2.24, 2.45) is 0 Å². The lowest BCUT2D eigenvalue weighted by atomic mass is 9.97. The lowest BCUT2D eigenvalue weighted by Crippen LogP contribution is -2.44. The van der Waals surface area contributed by atoms with Crippen LogP contribution in [0.3, 0.4) is 0 Å². The lowest BCUT2D eigenvalue weighted by Gasteiger charge is -2.35. The first-order chi connectivity index (χ1) is 13.2. The number of nitrogens with zero attached hydrogens (tertiary/aromatic N) is 2. The number of carbonyl (C=O) groups is 1. The zero-order chi connectivity index (χ0) is 18.8. The monoisotopic (exact) mass is 405 g/mol. The molecule has 1 N–H and O–H groups in total. The van der Waals surface area contributed by atoms with Gasteiger partial charge < -0.3 is 9.88 Å². The van der Waals surface area contributed by atoms with Crippen LogP contribution in [-0.2, 0) is 23.4 Å². The molecule has 4 rings (SSSR count). The number of aryl methyl sites for hydroxylation is 2. The zero-order valence-electron chi connectivity index (χ0n) is 15.9. The first kappa shape index (κ1) is 19.0. The SMILES string of the molecule is CC[C@H]1CCCCN1C(=O)CSCc1nc2sc3c(c2c(=O)[nH]1)CCCC3. The third-order valence-electron chi connectivity index (χ3n) is 5.76. The maximum atomic E-state index is 12.6. The van der Waals surface area contributed by atoms with Crippen molar-refractivity contribution in [3.05, 3.63) is 26.6 Å². The van der Waals surface area contributed by atoms with Crippen LogP contribution >= 0.6 is 23.1 Å². The number of amides is 1. The molecule has 1 amide bonds. The van der Waals surface area contributed by atoms with E-state index in [1.54, 1.807) is 23.1 Å². The molecule has 0 unspecified atom stereocenters. The molecule has 3 heterocycles. The van der Waals surface area contributed by atoms with Crippen molar-refractivity contribution in [3.63, 3.8) is 0 Å². The van der Waals surface area contributed by atoms with Gasteiger partial charge in [-0.05, 0) is 56.9 Å². The molecular formula is C20H27N3O2S2. The molecule has 146 valence electrons. The average Bonchev–Trinajstić information content (AvgIpc) is 3.06. The summed E-state index contributed by atoms with van der Waals surface area (Å²) < 4.78 is 0. The second-order valence-electron chi connectivity index (χ2n) is 7.54. The number of likely N-dealkylation sites (tertiary alicyclic amines) is 1. The van der Waals surface area contributed by atoms with Gasteiger partial charge in [0, 0.05) is 17.5 Å². The predicted molar refractivity (Wildman–Crippen MR) is 113 cm³/mol. The number of hydrogen-bond acceptors (Lipinski definition) is 5. The third kappa shape index (κ3) is 3.94. The third-order valence-corrected chi connectivity index (χ3v) is 7.87. The molecule has 0 spiro atoms.